The lowest BCUT2D eigenvalue weighted by Crippen LogP contribution is -2.59. The molecule has 31 heavy (non-hydrogen) atoms. The number of nitrogens with zero attached hydrogens (tertiary/aromatic N) is 5. The van der Waals surface area contributed by atoms with Crippen molar-refractivity contribution in [3.63, 3.8) is 0 Å². The van der Waals surface area contributed by atoms with Crippen LogP contribution >= 0.6 is 11.8 Å². The third-order valence-electron chi connectivity index (χ3n) is 6.43. The zero-order chi connectivity index (χ0) is 21.7. The summed E-state index contributed by atoms with van der Waals surface area (Å²) >= 11 is 1.37. The maximum absolute atomic E-state index is 12.7. The van der Waals surface area contributed by atoms with Crippen molar-refractivity contribution in [1.82, 2.24) is 30.4 Å². The summed E-state index contributed by atoms with van der Waals surface area (Å²) in [6.45, 7) is 8.28. The first-order valence-electron chi connectivity index (χ1n) is 11.2. The van der Waals surface area contributed by atoms with Gasteiger partial charge >= 0.3 is 0 Å². The molecule has 1 N–H and O–H groups in total. The lowest BCUT2D eigenvalue weighted by atomic mass is 9.79. The van der Waals surface area contributed by atoms with Gasteiger partial charge in [0.05, 0.1) is 24.7 Å². The van der Waals surface area contributed by atoms with Gasteiger partial charge < -0.3 is 10.1 Å². The molecular weight excluding hydrogens is 412 g/mol. The predicted octanol–water partition coefficient (Wildman–Crippen LogP) is 2.52. The number of ether oxygens (including phenoxy) is 1. The van der Waals surface area contributed by atoms with Gasteiger partial charge in [-0.3, -0.25) is 9.69 Å². The van der Waals surface area contributed by atoms with Gasteiger partial charge in [0, 0.05) is 25.2 Å². The number of rotatable bonds is 7. The molecule has 2 aromatic rings. The van der Waals surface area contributed by atoms with Gasteiger partial charge in [0.2, 0.25) is 11.1 Å². The second-order valence-electron chi connectivity index (χ2n) is 8.61. The first-order chi connectivity index (χ1) is 15.1. The van der Waals surface area contributed by atoms with E-state index >= 15 is 0 Å². The monoisotopic (exact) mass is 444 g/mol. The molecule has 0 radical (unpaired) electrons. The Morgan fingerprint density at radius 3 is 2.71 bits per heavy atom. The molecule has 0 atom stereocenters. The molecule has 1 amide bonds. The Morgan fingerprint density at radius 1 is 1.19 bits per heavy atom. The van der Waals surface area contributed by atoms with Crippen molar-refractivity contribution < 1.29 is 9.53 Å². The minimum Gasteiger partial charge on any atom is -0.379 e. The second-order valence-corrected chi connectivity index (χ2v) is 9.56. The normalized spacial score (nSPS) is 19.3. The number of hydrogen-bond donors (Lipinski definition) is 1. The number of aromatic nitrogens is 4. The number of morpholine rings is 1. The van der Waals surface area contributed by atoms with E-state index in [-0.39, 0.29) is 11.4 Å². The molecule has 1 aromatic heterocycles. The van der Waals surface area contributed by atoms with Crippen LogP contribution in [0.4, 0.5) is 0 Å². The summed E-state index contributed by atoms with van der Waals surface area (Å²) in [4.78, 5) is 15.3. The molecule has 8 nitrogen and oxygen atoms in total. The molecule has 2 fully saturated rings. The Bertz CT molecular complexity index is 890. The van der Waals surface area contributed by atoms with Crippen molar-refractivity contribution in [1.29, 1.82) is 0 Å². The van der Waals surface area contributed by atoms with Crippen molar-refractivity contribution in [2.75, 3.05) is 38.6 Å². The van der Waals surface area contributed by atoms with Crippen LogP contribution in [0, 0.1) is 13.8 Å². The maximum atomic E-state index is 12.7. The fourth-order valence-electron chi connectivity index (χ4n) is 4.76. The highest BCUT2D eigenvalue weighted by Crippen LogP contribution is 2.34. The number of thioether (sulfide) groups is 1. The third kappa shape index (κ3) is 5.27. The van der Waals surface area contributed by atoms with E-state index in [4.69, 9.17) is 4.74 Å². The molecule has 1 aliphatic heterocycles. The zero-order valence-corrected chi connectivity index (χ0v) is 19.3. The zero-order valence-electron chi connectivity index (χ0n) is 18.5. The van der Waals surface area contributed by atoms with E-state index in [2.05, 4.69) is 38.7 Å². The van der Waals surface area contributed by atoms with Gasteiger partial charge in [0.25, 0.3) is 0 Å². The van der Waals surface area contributed by atoms with Gasteiger partial charge in [-0.1, -0.05) is 48.7 Å². The number of benzene rings is 1. The van der Waals surface area contributed by atoms with Crippen LogP contribution < -0.4 is 5.32 Å². The summed E-state index contributed by atoms with van der Waals surface area (Å²) in [5, 5.41) is 15.9. The Kier molecular flexibility index (Phi) is 7.24. The standard InChI is InChI=1S/C22H32N6O2S/c1-17-6-7-19(18(2)14-17)28-21(24-25-26-28)31-15-20(29)23-16-22(8-4-3-5-9-22)27-10-12-30-13-11-27/h6-7,14H,3-5,8-13,15-16H2,1-2H3,(H,23,29). The predicted molar refractivity (Wildman–Crippen MR) is 121 cm³/mol. The molecule has 0 bridgehead atoms. The van der Waals surface area contributed by atoms with Crippen molar-refractivity contribution in [3.8, 4) is 5.69 Å². The average Bonchev–Trinajstić information content (AvgIpc) is 3.26. The fraction of sp³-hybridized carbons (Fsp3) is 0.636. The lowest BCUT2D eigenvalue weighted by molar-refractivity contribution is -0.119. The van der Waals surface area contributed by atoms with Gasteiger partial charge in [0.1, 0.15) is 0 Å². The maximum Gasteiger partial charge on any atom is 0.230 e. The van der Waals surface area contributed by atoms with E-state index in [9.17, 15) is 4.79 Å². The van der Waals surface area contributed by atoms with E-state index < -0.39 is 0 Å². The van der Waals surface area contributed by atoms with Crippen LogP contribution in [0.25, 0.3) is 5.69 Å². The van der Waals surface area contributed by atoms with E-state index in [1.807, 2.05) is 19.1 Å². The highest BCUT2D eigenvalue weighted by Gasteiger charge is 2.38. The molecule has 0 spiro atoms. The highest BCUT2D eigenvalue weighted by atomic mass is 32.2. The minimum absolute atomic E-state index is 0.0263. The van der Waals surface area contributed by atoms with Gasteiger partial charge in [-0.15, -0.1) is 5.10 Å². The molecule has 168 valence electrons. The summed E-state index contributed by atoms with van der Waals surface area (Å²) in [6.07, 6.45) is 6.03. The van der Waals surface area contributed by atoms with Crippen molar-refractivity contribution in [3.05, 3.63) is 29.3 Å². The number of tetrazole rings is 1. The molecule has 1 saturated carbocycles. The third-order valence-corrected chi connectivity index (χ3v) is 7.35. The van der Waals surface area contributed by atoms with Gasteiger partial charge in [-0.05, 0) is 48.7 Å². The summed E-state index contributed by atoms with van der Waals surface area (Å²) in [7, 11) is 0. The second kappa shape index (κ2) is 10.1. The number of carbonyl (C=O) groups is 1. The van der Waals surface area contributed by atoms with Crippen LogP contribution in [0.3, 0.4) is 0 Å². The summed E-state index contributed by atoms with van der Waals surface area (Å²) in [6, 6.07) is 6.16. The smallest absolute Gasteiger partial charge is 0.230 e. The lowest BCUT2D eigenvalue weighted by Gasteiger charge is -2.48. The molecule has 1 aliphatic carbocycles. The van der Waals surface area contributed by atoms with E-state index in [1.165, 1.54) is 36.6 Å². The van der Waals surface area contributed by atoms with Gasteiger partial charge in [-0.25, -0.2) is 0 Å². The van der Waals surface area contributed by atoms with Crippen LogP contribution in [-0.4, -0.2) is 75.2 Å². The number of carbonyl (C=O) groups excluding carboxylic acids is 1. The van der Waals surface area contributed by atoms with Crippen molar-refractivity contribution in [2.45, 2.75) is 56.6 Å². The van der Waals surface area contributed by atoms with Gasteiger partial charge in [0.15, 0.2) is 0 Å². The summed E-state index contributed by atoms with van der Waals surface area (Å²) < 4.78 is 7.26. The van der Waals surface area contributed by atoms with Gasteiger partial charge in [-0.2, -0.15) is 4.68 Å². The first kappa shape index (κ1) is 22.2. The number of hydrogen-bond acceptors (Lipinski definition) is 7. The van der Waals surface area contributed by atoms with Crippen molar-refractivity contribution >= 4 is 17.7 Å². The molecule has 2 heterocycles. The number of amides is 1. The SMILES string of the molecule is Cc1ccc(-n2nnnc2SCC(=O)NCC2(N3CCOCC3)CCCCC2)c(C)c1. The number of aryl methyl sites for hydroxylation is 2. The quantitative estimate of drug-likeness (QED) is 0.657. The van der Waals surface area contributed by atoms with Crippen LogP contribution in [-0.2, 0) is 9.53 Å². The molecule has 0 unspecified atom stereocenters. The molecule has 9 heteroatoms. The molecule has 2 aliphatic rings. The molecular formula is C22H32N6O2S. The van der Waals surface area contributed by atoms with Crippen LogP contribution in [0.2, 0.25) is 0 Å². The van der Waals surface area contributed by atoms with Crippen LogP contribution in [0.1, 0.15) is 43.2 Å². The average molecular weight is 445 g/mol. The Morgan fingerprint density at radius 2 is 1.97 bits per heavy atom. The Balaban J connectivity index is 1.36. The Labute approximate surface area is 188 Å². The van der Waals surface area contributed by atoms with Crippen molar-refractivity contribution in [2.24, 2.45) is 0 Å². The highest BCUT2D eigenvalue weighted by molar-refractivity contribution is 7.99. The molecule has 4 rings (SSSR count). The topological polar surface area (TPSA) is 85.2 Å². The summed E-state index contributed by atoms with van der Waals surface area (Å²) in [5.74, 6) is 0.322. The van der Waals surface area contributed by atoms with Crippen LogP contribution in [0.5, 0.6) is 0 Å². The molecule has 1 aromatic carbocycles. The molecule has 1 saturated heterocycles. The van der Waals surface area contributed by atoms with Crippen LogP contribution in [0.15, 0.2) is 23.4 Å². The van der Waals surface area contributed by atoms with E-state index in [1.54, 1.807) is 4.68 Å². The number of nitrogens with one attached hydrogen (secondary N) is 1. The van der Waals surface area contributed by atoms with E-state index in [0.717, 1.165) is 50.4 Å². The summed E-state index contributed by atoms with van der Waals surface area (Å²) in [5.41, 5.74) is 3.30. The fourth-order valence-corrected chi connectivity index (χ4v) is 5.47. The minimum atomic E-state index is 0.0263. The van der Waals surface area contributed by atoms with E-state index in [0.29, 0.717) is 17.5 Å². The first-order valence-corrected chi connectivity index (χ1v) is 12.1. The largest absolute Gasteiger partial charge is 0.379 e. The Hall–Kier alpha value is -1.97.